The Hall–Kier alpha value is -1.65. The normalized spacial score (nSPS) is 19.0. The van der Waals surface area contributed by atoms with Crippen molar-refractivity contribution in [2.75, 3.05) is 13.2 Å². The molecular formula is C20H28N2O2. The summed E-state index contributed by atoms with van der Waals surface area (Å²) in [5, 5.41) is 10.4. The molecule has 0 radical (unpaired) electrons. The van der Waals surface area contributed by atoms with Gasteiger partial charge in [-0.15, -0.1) is 0 Å². The number of fused-ring (bicyclic) bond motifs is 1. The molecule has 24 heavy (non-hydrogen) atoms. The molecule has 4 heteroatoms. The lowest BCUT2D eigenvalue weighted by Gasteiger charge is -2.19. The van der Waals surface area contributed by atoms with Crippen LogP contribution in [0.3, 0.4) is 0 Å². The molecule has 0 aliphatic heterocycles. The lowest BCUT2D eigenvalue weighted by atomic mass is 9.95. The van der Waals surface area contributed by atoms with Crippen LogP contribution in [0.25, 0.3) is 11.0 Å². The molecule has 1 aromatic heterocycles. The maximum absolute atomic E-state index is 10.4. The van der Waals surface area contributed by atoms with Gasteiger partial charge in [0.15, 0.2) is 0 Å². The molecule has 0 bridgehead atoms. The molecule has 1 aliphatic carbocycles. The fourth-order valence-corrected chi connectivity index (χ4v) is 3.39. The number of imidazole rings is 1. The molecule has 0 unspecified atom stereocenters. The molecule has 2 aromatic rings. The molecule has 4 nitrogen and oxygen atoms in total. The van der Waals surface area contributed by atoms with Crippen molar-refractivity contribution >= 4 is 11.0 Å². The van der Waals surface area contributed by atoms with E-state index in [0.29, 0.717) is 19.1 Å². The molecule has 0 saturated carbocycles. The number of ether oxygens (including phenoxy) is 1. The summed E-state index contributed by atoms with van der Waals surface area (Å²) in [5.74, 6) is 1.65. The number of hydrogen-bond donors (Lipinski definition) is 1. The van der Waals surface area contributed by atoms with Crippen LogP contribution in [0.1, 0.15) is 38.4 Å². The largest absolute Gasteiger partial charge is 0.389 e. The van der Waals surface area contributed by atoms with E-state index >= 15 is 0 Å². The minimum Gasteiger partial charge on any atom is -0.389 e. The van der Waals surface area contributed by atoms with Crippen molar-refractivity contribution in [2.45, 2.75) is 51.7 Å². The van der Waals surface area contributed by atoms with Gasteiger partial charge >= 0.3 is 0 Å². The van der Waals surface area contributed by atoms with Crippen LogP contribution < -0.4 is 0 Å². The highest BCUT2D eigenvalue weighted by atomic mass is 16.5. The third-order valence-electron chi connectivity index (χ3n) is 4.64. The molecule has 2 atom stereocenters. The zero-order valence-electron chi connectivity index (χ0n) is 14.5. The standard InChI is InChI=1S/C20H28N2O2/c1-2-8-20-21-18-11-6-7-12-19(18)22(20)13-17(23)15-24-14-16-9-4-3-5-10-16/h3-4,6-7,11-12,16-17,23H,2,5,8-10,13-15H2,1H3/t16-,17+/m1/s1. The Morgan fingerprint density at radius 1 is 1.33 bits per heavy atom. The molecule has 0 fully saturated rings. The highest BCUT2D eigenvalue weighted by Crippen LogP contribution is 2.19. The second-order valence-electron chi connectivity index (χ2n) is 6.72. The van der Waals surface area contributed by atoms with Crippen LogP contribution in [0.4, 0.5) is 0 Å². The van der Waals surface area contributed by atoms with Crippen molar-refractivity contribution in [1.82, 2.24) is 9.55 Å². The van der Waals surface area contributed by atoms with Gasteiger partial charge in [-0.3, -0.25) is 0 Å². The van der Waals surface area contributed by atoms with E-state index in [0.717, 1.165) is 49.1 Å². The summed E-state index contributed by atoms with van der Waals surface area (Å²) >= 11 is 0. The fraction of sp³-hybridized carbons (Fsp3) is 0.550. The van der Waals surface area contributed by atoms with E-state index in [2.05, 4.69) is 29.7 Å². The van der Waals surface area contributed by atoms with Gasteiger partial charge in [-0.25, -0.2) is 4.98 Å². The summed E-state index contributed by atoms with van der Waals surface area (Å²) < 4.78 is 7.93. The summed E-state index contributed by atoms with van der Waals surface area (Å²) in [4.78, 5) is 4.71. The number of aryl methyl sites for hydroxylation is 1. The Bertz CT molecular complexity index is 677. The van der Waals surface area contributed by atoms with Crippen molar-refractivity contribution in [3.63, 3.8) is 0 Å². The van der Waals surface area contributed by atoms with Gasteiger partial charge in [-0.05, 0) is 43.7 Å². The van der Waals surface area contributed by atoms with Crippen molar-refractivity contribution in [2.24, 2.45) is 5.92 Å². The van der Waals surface area contributed by atoms with Crippen LogP contribution in [0.15, 0.2) is 36.4 Å². The number of para-hydroxylation sites is 2. The van der Waals surface area contributed by atoms with Crippen LogP contribution in [-0.4, -0.2) is 34.0 Å². The quantitative estimate of drug-likeness (QED) is 0.751. The maximum atomic E-state index is 10.4. The third kappa shape index (κ3) is 4.25. The van der Waals surface area contributed by atoms with Gasteiger partial charge in [0.1, 0.15) is 5.82 Å². The predicted octanol–water partition coefficient (Wildman–Crippen LogP) is 3.72. The molecule has 0 amide bonds. The number of aromatic nitrogens is 2. The van der Waals surface area contributed by atoms with Gasteiger partial charge in [0.2, 0.25) is 0 Å². The van der Waals surface area contributed by atoms with E-state index in [1.165, 1.54) is 6.42 Å². The summed E-state index contributed by atoms with van der Waals surface area (Å²) in [5.41, 5.74) is 2.10. The van der Waals surface area contributed by atoms with Crippen molar-refractivity contribution in [1.29, 1.82) is 0 Å². The van der Waals surface area contributed by atoms with Crippen LogP contribution in [0, 0.1) is 5.92 Å². The SMILES string of the molecule is CCCc1nc2ccccc2n1C[C@H](O)COC[C@@H]1CC=CCC1. The Labute approximate surface area is 144 Å². The average Bonchev–Trinajstić information content (AvgIpc) is 2.94. The van der Waals surface area contributed by atoms with E-state index < -0.39 is 6.10 Å². The zero-order chi connectivity index (χ0) is 16.8. The Morgan fingerprint density at radius 2 is 2.21 bits per heavy atom. The summed E-state index contributed by atoms with van der Waals surface area (Å²) in [6.45, 7) is 3.83. The highest BCUT2D eigenvalue weighted by molar-refractivity contribution is 5.75. The zero-order valence-corrected chi connectivity index (χ0v) is 14.5. The minimum absolute atomic E-state index is 0.387. The first kappa shape index (κ1) is 17.2. The minimum atomic E-state index is -0.502. The average molecular weight is 328 g/mol. The molecule has 3 rings (SSSR count). The molecule has 130 valence electrons. The molecule has 1 N–H and O–H groups in total. The monoisotopic (exact) mass is 328 g/mol. The number of benzene rings is 1. The maximum Gasteiger partial charge on any atom is 0.109 e. The van der Waals surface area contributed by atoms with E-state index in [-0.39, 0.29) is 0 Å². The van der Waals surface area contributed by atoms with Gasteiger partial charge < -0.3 is 14.4 Å². The fourth-order valence-electron chi connectivity index (χ4n) is 3.39. The second-order valence-corrected chi connectivity index (χ2v) is 6.72. The predicted molar refractivity (Wildman–Crippen MR) is 97.0 cm³/mol. The molecule has 1 aromatic carbocycles. The van der Waals surface area contributed by atoms with Gasteiger partial charge in [0.05, 0.1) is 30.3 Å². The number of rotatable bonds is 8. The van der Waals surface area contributed by atoms with E-state index in [9.17, 15) is 5.11 Å². The van der Waals surface area contributed by atoms with Crippen molar-refractivity contribution in [3.05, 3.63) is 42.2 Å². The van der Waals surface area contributed by atoms with Crippen LogP contribution in [0.2, 0.25) is 0 Å². The summed E-state index contributed by atoms with van der Waals surface area (Å²) in [6.07, 6.45) is 9.40. The summed E-state index contributed by atoms with van der Waals surface area (Å²) in [6, 6.07) is 8.14. The number of aliphatic hydroxyl groups excluding tert-OH is 1. The molecule has 1 aliphatic rings. The number of hydrogen-bond acceptors (Lipinski definition) is 3. The van der Waals surface area contributed by atoms with Crippen molar-refractivity contribution < 1.29 is 9.84 Å². The number of allylic oxidation sites excluding steroid dienone is 2. The molecule has 0 spiro atoms. The van der Waals surface area contributed by atoms with Crippen LogP contribution in [-0.2, 0) is 17.7 Å². The van der Waals surface area contributed by atoms with Gasteiger partial charge in [-0.1, -0.05) is 31.2 Å². The first-order valence-electron chi connectivity index (χ1n) is 9.13. The highest BCUT2D eigenvalue weighted by Gasteiger charge is 2.15. The molecule has 1 heterocycles. The van der Waals surface area contributed by atoms with Crippen molar-refractivity contribution in [3.8, 4) is 0 Å². The van der Waals surface area contributed by atoms with Crippen LogP contribution in [0.5, 0.6) is 0 Å². The van der Waals surface area contributed by atoms with Gasteiger partial charge in [0.25, 0.3) is 0 Å². The topological polar surface area (TPSA) is 47.3 Å². The Morgan fingerprint density at radius 3 is 3.00 bits per heavy atom. The lowest BCUT2D eigenvalue weighted by molar-refractivity contribution is 0.0128. The smallest absolute Gasteiger partial charge is 0.109 e. The van der Waals surface area contributed by atoms with Gasteiger partial charge in [-0.2, -0.15) is 0 Å². The van der Waals surface area contributed by atoms with E-state index in [4.69, 9.17) is 9.72 Å². The Balaban J connectivity index is 1.59. The van der Waals surface area contributed by atoms with Crippen LogP contribution >= 0.6 is 0 Å². The first-order valence-corrected chi connectivity index (χ1v) is 9.13. The molecular weight excluding hydrogens is 300 g/mol. The number of nitrogens with zero attached hydrogens (tertiary/aromatic N) is 2. The summed E-state index contributed by atoms with van der Waals surface area (Å²) in [7, 11) is 0. The third-order valence-corrected chi connectivity index (χ3v) is 4.64. The second kappa shape index (κ2) is 8.45. The first-order chi connectivity index (χ1) is 11.8. The van der Waals surface area contributed by atoms with Gasteiger partial charge in [0, 0.05) is 13.0 Å². The van der Waals surface area contributed by atoms with E-state index in [1.807, 2.05) is 18.2 Å². The van der Waals surface area contributed by atoms with E-state index in [1.54, 1.807) is 0 Å². The molecule has 0 saturated heterocycles. The number of aliphatic hydroxyl groups is 1. The Kier molecular flexibility index (Phi) is 6.05. The lowest BCUT2D eigenvalue weighted by Crippen LogP contribution is -2.24.